The lowest BCUT2D eigenvalue weighted by Crippen LogP contribution is -2.46. The van der Waals surface area contributed by atoms with Crippen molar-refractivity contribution in [1.29, 1.82) is 0 Å². The fourth-order valence-electron chi connectivity index (χ4n) is 4.15. The Labute approximate surface area is 265 Å². The molecule has 0 bridgehead atoms. The molecule has 1 aromatic heterocycles. The fourth-order valence-corrected chi connectivity index (χ4v) is 10.2. The number of aromatic nitrogens is 2. The van der Waals surface area contributed by atoms with Gasteiger partial charge in [0, 0.05) is 29.9 Å². The molecule has 15 heteroatoms. The molecule has 242 valence electrons. The SMILES string of the molecule is CC(C)(C)OC(=O)N[C@H](CSP(C)(=O)CCBr)[C@H](O)/C=C/CCCCCCCCCNc1ccc([N+](=O)[O-])c2nonc12. The van der Waals surface area contributed by atoms with Gasteiger partial charge in [-0.25, -0.2) is 9.42 Å². The lowest BCUT2D eigenvalue weighted by atomic mass is 10.1. The minimum absolute atomic E-state index is 0.127. The summed E-state index contributed by atoms with van der Waals surface area (Å²) in [4.78, 5) is 22.9. The lowest BCUT2D eigenvalue weighted by Gasteiger charge is -2.26. The predicted molar refractivity (Wildman–Crippen MR) is 177 cm³/mol. The number of nitrogens with one attached hydrogen (secondary N) is 2. The van der Waals surface area contributed by atoms with Crippen LogP contribution in [0.3, 0.4) is 0 Å². The smallest absolute Gasteiger partial charge is 0.408 e. The number of nitro benzene ring substituents is 1. The molecular weight excluding hydrogens is 661 g/mol. The number of hydrogen-bond acceptors (Lipinski definition) is 11. The lowest BCUT2D eigenvalue weighted by molar-refractivity contribution is -0.383. The van der Waals surface area contributed by atoms with Crippen molar-refractivity contribution >= 4 is 62.2 Å². The molecule has 1 amide bonds. The third-order valence-electron chi connectivity index (χ3n) is 6.42. The number of nitrogens with zero attached hydrogens (tertiary/aromatic N) is 3. The Morgan fingerprint density at radius 1 is 1.19 bits per heavy atom. The molecule has 3 N–H and O–H groups in total. The zero-order valence-corrected chi connectivity index (χ0v) is 28.7. The minimum Gasteiger partial charge on any atom is -0.444 e. The second kappa shape index (κ2) is 18.6. The largest absolute Gasteiger partial charge is 0.444 e. The molecule has 1 heterocycles. The Balaban J connectivity index is 1.64. The molecule has 0 fully saturated rings. The van der Waals surface area contributed by atoms with Crippen molar-refractivity contribution in [2.24, 2.45) is 0 Å². The summed E-state index contributed by atoms with van der Waals surface area (Å²) in [6, 6.07) is 2.42. The van der Waals surface area contributed by atoms with Crippen molar-refractivity contribution in [2.75, 3.05) is 35.8 Å². The van der Waals surface area contributed by atoms with E-state index >= 15 is 0 Å². The van der Waals surface area contributed by atoms with Gasteiger partial charge < -0.3 is 25.0 Å². The third kappa shape index (κ3) is 14.5. The summed E-state index contributed by atoms with van der Waals surface area (Å²) >= 11 is 4.62. The number of non-ortho nitro benzene ring substituents is 1. The third-order valence-corrected chi connectivity index (χ3v) is 12.2. The van der Waals surface area contributed by atoms with Crippen molar-refractivity contribution in [3.63, 3.8) is 0 Å². The van der Waals surface area contributed by atoms with Gasteiger partial charge in [-0.3, -0.25) is 10.1 Å². The summed E-state index contributed by atoms with van der Waals surface area (Å²) in [7, 11) is 0. The number of benzene rings is 1. The highest BCUT2D eigenvalue weighted by atomic mass is 79.9. The van der Waals surface area contributed by atoms with Gasteiger partial charge in [-0.1, -0.05) is 71.6 Å². The van der Waals surface area contributed by atoms with Gasteiger partial charge in [0.15, 0.2) is 5.52 Å². The monoisotopic (exact) mass is 705 g/mol. The van der Waals surface area contributed by atoms with Gasteiger partial charge in [0.2, 0.25) is 5.52 Å². The van der Waals surface area contributed by atoms with Crippen LogP contribution in [0.2, 0.25) is 0 Å². The number of amides is 1. The van der Waals surface area contributed by atoms with Crippen LogP contribution in [0.1, 0.15) is 72.1 Å². The number of halogens is 1. The number of aliphatic hydroxyl groups excluding tert-OH is 1. The summed E-state index contributed by atoms with van der Waals surface area (Å²) in [6.45, 7) is 7.78. The van der Waals surface area contributed by atoms with Gasteiger partial charge in [0.05, 0.1) is 22.8 Å². The molecular formula is C28H45BrN5O7PS. The zero-order valence-electron chi connectivity index (χ0n) is 25.4. The van der Waals surface area contributed by atoms with Crippen molar-refractivity contribution < 1.29 is 28.8 Å². The molecule has 0 spiro atoms. The Kier molecular flexibility index (Phi) is 16.0. The van der Waals surface area contributed by atoms with Crippen LogP contribution in [-0.4, -0.2) is 74.6 Å². The number of alkyl halides is 1. The maximum absolute atomic E-state index is 12.7. The molecule has 0 saturated carbocycles. The molecule has 0 aliphatic carbocycles. The first-order chi connectivity index (χ1) is 20.3. The Morgan fingerprint density at radius 2 is 1.84 bits per heavy atom. The van der Waals surface area contributed by atoms with Crippen LogP contribution in [0.15, 0.2) is 28.9 Å². The van der Waals surface area contributed by atoms with Crippen LogP contribution in [0.5, 0.6) is 0 Å². The number of carbonyl (C=O) groups excluding carboxylic acids is 1. The van der Waals surface area contributed by atoms with Crippen molar-refractivity contribution in [3.8, 4) is 0 Å². The average molecular weight is 707 g/mol. The highest BCUT2D eigenvalue weighted by Gasteiger charge is 2.26. The van der Waals surface area contributed by atoms with E-state index in [1.165, 1.54) is 17.4 Å². The fraction of sp³-hybridized carbons (Fsp3) is 0.679. The van der Waals surface area contributed by atoms with Crippen LogP contribution in [0.25, 0.3) is 11.0 Å². The highest BCUT2D eigenvalue weighted by Crippen LogP contribution is 2.55. The van der Waals surface area contributed by atoms with E-state index in [4.69, 9.17) is 4.74 Å². The van der Waals surface area contributed by atoms with Crippen molar-refractivity contribution in [1.82, 2.24) is 15.6 Å². The molecule has 1 aromatic carbocycles. The maximum Gasteiger partial charge on any atom is 0.408 e. The molecule has 2 aromatic rings. The second-order valence-electron chi connectivity index (χ2n) is 11.4. The normalized spacial score (nSPS) is 14.8. The Bertz CT molecular complexity index is 1240. The zero-order chi connectivity index (χ0) is 31.9. The van der Waals surface area contributed by atoms with Gasteiger partial charge in [-0.05, 0) is 63.1 Å². The number of allylic oxidation sites excluding steroid dienone is 1. The highest BCUT2D eigenvalue weighted by molar-refractivity contribution is 9.09. The molecule has 1 unspecified atom stereocenters. The van der Waals surface area contributed by atoms with Crippen molar-refractivity contribution in [2.45, 2.75) is 89.9 Å². The van der Waals surface area contributed by atoms with E-state index in [0.717, 1.165) is 57.9 Å². The minimum atomic E-state index is -2.44. The topological polar surface area (TPSA) is 170 Å². The molecule has 2 rings (SSSR count). The standard InChI is InChI=1S/C28H45BrN5O7PS/c1-28(2,3)40-27(36)31-22(20-43-42(4,39)19-17-29)24(35)14-12-10-8-6-5-7-9-11-13-18-30-21-15-16-23(34(37)38)26-25(21)32-41-33-26/h12,14-16,22,24,30,35H,5-11,13,17-20H2,1-4H3,(H,31,36)/b14-12+/t22-,24-,42?/m1/s1. The summed E-state index contributed by atoms with van der Waals surface area (Å²) in [5.74, 6) is 0.316. The number of rotatable bonds is 20. The first kappa shape index (κ1) is 37.0. The Hall–Kier alpha value is -2.15. The van der Waals surface area contributed by atoms with Gasteiger partial charge >= 0.3 is 11.8 Å². The number of alkyl carbamates (subject to hydrolysis) is 1. The molecule has 0 radical (unpaired) electrons. The molecule has 43 heavy (non-hydrogen) atoms. The molecule has 0 saturated heterocycles. The van der Waals surface area contributed by atoms with E-state index in [-0.39, 0.29) is 11.2 Å². The van der Waals surface area contributed by atoms with Crippen LogP contribution in [0, 0.1) is 10.1 Å². The first-order valence-corrected chi connectivity index (χ1v) is 19.6. The van der Waals surface area contributed by atoms with E-state index < -0.39 is 35.1 Å². The van der Waals surface area contributed by atoms with E-state index in [1.54, 1.807) is 39.6 Å². The number of fused-ring (bicyclic) bond motifs is 1. The van der Waals surface area contributed by atoms with E-state index in [1.807, 2.05) is 6.08 Å². The molecule has 0 aliphatic rings. The quantitative estimate of drug-likeness (QED) is 0.0311. The number of hydrogen-bond donors (Lipinski definition) is 3. The number of anilines is 1. The summed E-state index contributed by atoms with van der Waals surface area (Å²) in [5.41, 5.74) is 0.392. The summed E-state index contributed by atoms with van der Waals surface area (Å²) < 4.78 is 22.7. The number of unbranched alkanes of at least 4 members (excludes halogenated alkanes) is 7. The molecule has 12 nitrogen and oxygen atoms in total. The van der Waals surface area contributed by atoms with Gasteiger partial charge in [0.1, 0.15) is 11.9 Å². The van der Waals surface area contributed by atoms with Gasteiger partial charge in [-0.15, -0.1) is 0 Å². The number of ether oxygens (including phenoxy) is 1. The average Bonchev–Trinajstić information content (AvgIpc) is 3.40. The van der Waals surface area contributed by atoms with Crippen LogP contribution in [-0.2, 0) is 9.30 Å². The van der Waals surface area contributed by atoms with E-state index in [0.29, 0.717) is 28.4 Å². The second-order valence-corrected chi connectivity index (χ2v) is 18.4. The summed E-state index contributed by atoms with van der Waals surface area (Å²) in [5, 5.41) is 35.9. The van der Waals surface area contributed by atoms with E-state index in [9.17, 15) is 24.6 Å². The molecule has 3 atom stereocenters. The van der Waals surface area contributed by atoms with Crippen LogP contribution >= 0.6 is 33.7 Å². The van der Waals surface area contributed by atoms with Crippen LogP contribution < -0.4 is 10.6 Å². The Morgan fingerprint density at radius 3 is 2.49 bits per heavy atom. The first-order valence-electron chi connectivity index (χ1n) is 14.6. The summed E-state index contributed by atoms with van der Waals surface area (Å²) in [6.07, 6.45) is 8.51. The van der Waals surface area contributed by atoms with E-state index in [2.05, 4.69) is 41.5 Å². The van der Waals surface area contributed by atoms with Crippen molar-refractivity contribution in [3.05, 3.63) is 34.4 Å². The predicted octanol–water partition coefficient (Wildman–Crippen LogP) is 7.51. The number of nitro groups is 1. The molecule has 0 aliphatic heterocycles. The number of carbonyl (C=O) groups is 1. The van der Waals surface area contributed by atoms with Gasteiger partial charge in [-0.2, -0.15) is 0 Å². The van der Waals surface area contributed by atoms with Gasteiger partial charge in [0.25, 0.3) is 0 Å². The van der Waals surface area contributed by atoms with Crippen LogP contribution in [0.4, 0.5) is 16.2 Å². The maximum atomic E-state index is 12.7. The number of aliphatic hydroxyl groups is 1.